The van der Waals surface area contributed by atoms with Gasteiger partial charge in [0.05, 0.1) is 0 Å². The summed E-state index contributed by atoms with van der Waals surface area (Å²) >= 11 is 0. The molecule has 0 saturated carbocycles. The fourth-order valence-corrected chi connectivity index (χ4v) is 8.02. The summed E-state index contributed by atoms with van der Waals surface area (Å²) in [5, 5.41) is 0. The zero-order chi connectivity index (χ0) is 47.9. The van der Waals surface area contributed by atoms with Crippen LogP contribution in [0.2, 0.25) is 0 Å². The van der Waals surface area contributed by atoms with Crippen molar-refractivity contribution < 1.29 is 28.6 Å². The molecule has 0 bridgehead atoms. The number of allylic oxidation sites excluding steroid dienone is 10. The molecule has 0 aliphatic carbocycles. The third-order valence-electron chi connectivity index (χ3n) is 12.3. The molecular formula is C60H106O6. The second-order valence-electron chi connectivity index (χ2n) is 18.8. The first-order valence-corrected chi connectivity index (χ1v) is 28.3. The summed E-state index contributed by atoms with van der Waals surface area (Å²) in [5.74, 6) is -0.890. The quantitative estimate of drug-likeness (QED) is 0.0262. The van der Waals surface area contributed by atoms with Crippen molar-refractivity contribution in [2.24, 2.45) is 0 Å². The molecule has 0 aliphatic heterocycles. The van der Waals surface area contributed by atoms with E-state index in [-0.39, 0.29) is 31.1 Å². The smallest absolute Gasteiger partial charge is 0.306 e. The van der Waals surface area contributed by atoms with E-state index >= 15 is 0 Å². The molecule has 0 spiro atoms. The van der Waals surface area contributed by atoms with Gasteiger partial charge >= 0.3 is 17.9 Å². The lowest BCUT2D eigenvalue weighted by atomic mass is 10.0. The third-order valence-corrected chi connectivity index (χ3v) is 12.3. The van der Waals surface area contributed by atoms with Crippen molar-refractivity contribution in [2.75, 3.05) is 13.2 Å². The standard InChI is InChI=1S/C60H106O6/c1-4-7-10-13-15-17-19-21-23-25-26-27-28-29-30-31-32-33-34-35-37-38-40-42-44-47-50-53-59(62)65-56-57(55-64-58(61)52-49-46-12-9-6-3)66-60(63)54-51-48-45-43-41-39-36-24-22-20-18-16-14-11-8-5-2/h7,10,15,17,21,23-24,26-27,36,57H,4-6,8-9,11-14,16,18-20,22,25,28-35,37-56H2,1-3H3/b10-7-,17-15-,23-21-,27-26-,36-24-. The molecule has 0 aromatic carbocycles. The Kier molecular flexibility index (Phi) is 52.3. The van der Waals surface area contributed by atoms with Crippen LogP contribution >= 0.6 is 0 Å². The Balaban J connectivity index is 4.04. The van der Waals surface area contributed by atoms with Gasteiger partial charge in [-0.2, -0.15) is 0 Å². The maximum Gasteiger partial charge on any atom is 0.306 e. The van der Waals surface area contributed by atoms with E-state index in [0.717, 1.165) is 96.3 Å². The minimum Gasteiger partial charge on any atom is -0.462 e. The van der Waals surface area contributed by atoms with Crippen molar-refractivity contribution in [3.63, 3.8) is 0 Å². The molecule has 1 unspecified atom stereocenters. The summed E-state index contributed by atoms with van der Waals surface area (Å²) in [7, 11) is 0. The predicted octanol–water partition coefficient (Wildman–Crippen LogP) is 18.8. The van der Waals surface area contributed by atoms with Gasteiger partial charge in [-0.15, -0.1) is 0 Å². The van der Waals surface area contributed by atoms with Gasteiger partial charge in [-0.25, -0.2) is 0 Å². The van der Waals surface area contributed by atoms with E-state index in [4.69, 9.17) is 14.2 Å². The minimum absolute atomic E-state index is 0.0759. The summed E-state index contributed by atoms with van der Waals surface area (Å²) in [6.07, 6.45) is 68.3. The van der Waals surface area contributed by atoms with Crippen molar-refractivity contribution in [3.05, 3.63) is 60.8 Å². The second kappa shape index (κ2) is 54.7. The summed E-state index contributed by atoms with van der Waals surface area (Å²) in [4.78, 5) is 37.7. The molecule has 0 rings (SSSR count). The number of ether oxygens (including phenoxy) is 3. The van der Waals surface area contributed by atoms with Crippen LogP contribution in [0.1, 0.15) is 284 Å². The molecule has 0 aromatic heterocycles. The Hall–Kier alpha value is -2.89. The molecule has 6 heteroatoms. The zero-order valence-electron chi connectivity index (χ0n) is 43.7. The highest BCUT2D eigenvalue weighted by Crippen LogP contribution is 2.16. The van der Waals surface area contributed by atoms with E-state index in [2.05, 4.69) is 81.5 Å². The monoisotopic (exact) mass is 923 g/mol. The molecule has 0 radical (unpaired) electrons. The number of rotatable bonds is 51. The van der Waals surface area contributed by atoms with Crippen LogP contribution < -0.4 is 0 Å². The van der Waals surface area contributed by atoms with Gasteiger partial charge in [-0.1, -0.05) is 242 Å². The molecule has 6 nitrogen and oxygen atoms in total. The lowest BCUT2D eigenvalue weighted by Crippen LogP contribution is -2.30. The van der Waals surface area contributed by atoms with Gasteiger partial charge < -0.3 is 14.2 Å². The maximum atomic E-state index is 12.7. The van der Waals surface area contributed by atoms with E-state index < -0.39 is 6.10 Å². The molecule has 1 atom stereocenters. The van der Waals surface area contributed by atoms with Gasteiger partial charge in [0.25, 0.3) is 0 Å². The Morgan fingerprint density at radius 1 is 0.318 bits per heavy atom. The highest BCUT2D eigenvalue weighted by atomic mass is 16.6. The van der Waals surface area contributed by atoms with Gasteiger partial charge in [0.2, 0.25) is 0 Å². The van der Waals surface area contributed by atoms with Crippen LogP contribution in [0.3, 0.4) is 0 Å². The van der Waals surface area contributed by atoms with Crippen molar-refractivity contribution in [1.29, 1.82) is 0 Å². The molecule has 0 fully saturated rings. The minimum atomic E-state index is -0.773. The Morgan fingerprint density at radius 3 is 0.939 bits per heavy atom. The highest BCUT2D eigenvalue weighted by molar-refractivity contribution is 5.71. The fourth-order valence-electron chi connectivity index (χ4n) is 8.02. The van der Waals surface area contributed by atoms with Gasteiger partial charge in [0, 0.05) is 19.3 Å². The molecular weight excluding hydrogens is 817 g/mol. The molecule has 382 valence electrons. The average Bonchev–Trinajstić information content (AvgIpc) is 3.31. The predicted molar refractivity (Wildman–Crippen MR) is 284 cm³/mol. The lowest BCUT2D eigenvalue weighted by Gasteiger charge is -2.18. The number of hydrogen-bond donors (Lipinski definition) is 0. The Labute approximate surface area is 409 Å². The summed E-state index contributed by atoms with van der Waals surface area (Å²) in [5.41, 5.74) is 0. The van der Waals surface area contributed by atoms with Crippen LogP contribution in [0.25, 0.3) is 0 Å². The number of unbranched alkanes of at least 4 members (excludes halogenated alkanes) is 30. The van der Waals surface area contributed by atoms with E-state index in [1.54, 1.807) is 0 Å². The number of esters is 3. The first kappa shape index (κ1) is 63.1. The normalized spacial score (nSPS) is 12.5. The van der Waals surface area contributed by atoms with Crippen molar-refractivity contribution >= 4 is 17.9 Å². The first-order valence-electron chi connectivity index (χ1n) is 28.3. The van der Waals surface area contributed by atoms with E-state index in [1.165, 1.54) is 148 Å². The summed E-state index contributed by atoms with van der Waals surface area (Å²) < 4.78 is 16.7. The van der Waals surface area contributed by atoms with E-state index in [9.17, 15) is 14.4 Å². The number of carbonyl (C=O) groups excluding carboxylic acids is 3. The topological polar surface area (TPSA) is 78.9 Å². The third kappa shape index (κ3) is 52.1. The molecule has 0 amide bonds. The van der Waals surface area contributed by atoms with Crippen molar-refractivity contribution in [1.82, 2.24) is 0 Å². The van der Waals surface area contributed by atoms with E-state index in [1.807, 2.05) is 0 Å². The first-order chi connectivity index (χ1) is 32.5. The van der Waals surface area contributed by atoms with Crippen LogP contribution in [0.5, 0.6) is 0 Å². The molecule has 0 N–H and O–H groups in total. The SMILES string of the molecule is CC/C=C\C/C=C\C/C=C\C/C=C\CCCCCCCCCCCCCCCCC(=O)OCC(COC(=O)CCCCCCC)OC(=O)CCCCCCC/C=C\CCCCCCCCC. The summed E-state index contributed by atoms with van der Waals surface area (Å²) in [6, 6.07) is 0. The van der Waals surface area contributed by atoms with Crippen LogP contribution in [0.15, 0.2) is 60.8 Å². The molecule has 0 heterocycles. The Bertz CT molecular complexity index is 1200. The average molecular weight is 924 g/mol. The van der Waals surface area contributed by atoms with Crippen LogP contribution in [0.4, 0.5) is 0 Å². The maximum absolute atomic E-state index is 12.7. The van der Waals surface area contributed by atoms with Crippen molar-refractivity contribution in [2.45, 2.75) is 290 Å². The Morgan fingerprint density at radius 2 is 0.591 bits per heavy atom. The molecule has 0 aliphatic rings. The van der Waals surface area contributed by atoms with Crippen molar-refractivity contribution in [3.8, 4) is 0 Å². The highest BCUT2D eigenvalue weighted by Gasteiger charge is 2.19. The van der Waals surface area contributed by atoms with Gasteiger partial charge in [-0.05, 0) is 83.5 Å². The van der Waals surface area contributed by atoms with Gasteiger partial charge in [0.1, 0.15) is 13.2 Å². The molecule has 0 aromatic rings. The van der Waals surface area contributed by atoms with Crippen LogP contribution in [0, 0.1) is 0 Å². The summed E-state index contributed by atoms with van der Waals surface area (Å²) in [6.45, 7) is 6.45. The largest absolute Gasteiger partial charge is 0.462 e. The van der Waals surface area contributed by atoms with Crippen LogP contribution in [-0.4, -0.2) is 37.2 Å². The lowest BCUT2D eigenvalue weighted by molar-refractivity contribution is -0.167. The fraction of sp³-hybridized carbons (Fsp3) is 0.783. The van der Waals surface area contributed by atoms with E-state index in [0.29, 0.717) is 19.3 Å². The van der Waals surface area contributed by atoms with Crippen LogP contribution in [-0.2, 0) is 28.6 Å². The zero-order valence-corrected chi connectivity index (χ0v) is 43.7. The number of carbonyl (C=O) groups is 3. The van der Waals surface area contributed by atoms with Gasteiger partial charge in [-0.3, -0.25) is 14.4 Å². The second-order valence-corrected chi connectivity index (χ2v) is 18.8. The molecule has 0 saturated heterocycles. The molecule has 66 heavy (non-hydrogen) atoms. The van der Waals surface area contributed by atoms with Gasteiger partial charge in [0.15, 0.2) is 6.10 Å². The number of hydrogen-bond acceptors (Lipinski definition) is 6.